The van der Waals surface area contributed by atoms with Gasteiger partial charge in [-0.25, -0.2) is 9.97 Å². The predicted octanol–water partition coefficient (Wildman–Crippen LogP) is 3.25. The third kappa shape index (κ3) is 4.81. The summed E-state index contributed by atoms with van der Waals surface area (Å²) in [6.45, 7) is 3.62. The van der Waals surface area contributed by atoms with E-state index in [1.54, 1.807) is 26.2 Å². The highest BCUT2D eigenvalue weighted by Gasteiger charge is 2.28. The summed E-state index contributed by atoms with van der Waals surface area (Å²) in [6.07, 6.45) is 6.18. The zero-order valence-electron chi connectivity index (χ0n) is 20.0. The van der Waals surface area contributed by atoms with Crippen molar-refractivity contribution < 1.29 is 4.79 Å². The molecule has 4 rings (SSSR count). The van der Waals surface area contributed by atoms with Crippen molar-refractivity contribution in [1.82, 2.24) is 19.9 Å². The molecule has 2 unspecified atom stereocenters. The van der Waals surface area contributed by atoms with E-state index in [1.165, 1.54) is 16.6 Å². The molecule has 2 heterocycles. The van der Waals surface area contributed by atoms with Crippen molar-refractivity contribution in [3.63, 3.8) is 0 Å². The third-order valence-corrected chi connectivity index (χ3v) is 6.62. The van der Waals surface area contributed by atoms with Crippen LogP contribution in [0, 0.1) is 13.8 Å². The van der Waals surface area contributed by atoms with Crippen LogP contribution in [0.2, 0.25) is 0 Å². The number of pyridine rings is 1. The van der Waals surface area contributed by atoms with Crippen LogP contribution in [0.4, 0.5) is 11.5 Å². The van der Waals surface area contributed by atoms with Crippen molar-refractivity contribution in [1.29, 1.82) is 0 Å². The van der Waals surface area contributed by atoms with Crippen LogP contribution in [-0.2, 0) is 11.2 Å². The van der Waals surface area contributed by atoms with Crippen LogP contribution in [0.5, 0.6) is 0 Å². The zero-order chi connectivity index (χ0) is 24.2. The van der Waals surface area contributed by atoms with E-state index in [4.69, 9.17) is 5.73 Å². The molecule has 2 aromatic heterocycles. The summed E-state index contributed by atoms with van der Waals surface area (Å²) in [5, 5.41) is 6.06. The first-order valence-electron chi connectivity index (χ1n) is 11.8. The quantitative estimate of drug-likeness (QED) is 0.520. The normalized spacial score (nSPS) is 17.9. The standard InChI is InChI=1S/C26H32N6O2/c1-16-15-29-24(31-22-12-8-7-11-20(22)18-9-5-4-6-10-18)26(34)32(16)25-21(27)13-19(17(2)30-25)14-23(33)28-3/h4-6,9-10,13,15,20,22H,7-8,11-12,14,27H2,1-3H3,(H,28,33)(H,29,31). The number of anilines is 2. The summed E-state index contributed by atoms with van der Waals surface area (Å²) in [5.41, 5.74) is 9.67. The van der Waals surface area contributed by atoms with Gasteiger partial charge in [0.2, 0.25) is 5.91 Å². The van der Waals surface area contributed by atoms with E-state index in [0.29, 0.717) is 34.6 Å². The number of carbonyl (C=O) groups is 1. The van der Waals surface area contributed by atoms with Gasteiger partial charge in [-0.2, -0.15) is 0 Å². The number of nitrogens with one attached hydrogen (secondary N) is 2. The van der Waals surface area contributed by atoms with Gasteiger partial charge in [-0.15, -0.1) is 0 Å². The molecule has 8 nitrogen and oxygen atoms in total. The molecule has 178 valence electrons. The van der Waals surface area contributed by atoms with Gasteiger partial charge < -0.3 is 16.4 Å². The number of nitrogens with two attached hydrogens (primary N) is 1. The first kappa shape index (κ1) is 23.5. The van der Waals surface area contributed by atoms with Gasteiger partial charge >= 0.3 is 0 Å². The molecule has 0 aliphatic heterocycles. The summed E-state index contributed by atoms with van der Waals surface area (Å²) in [7, 11) is 1.59. The average molecular weight is 461 g/mol. The topological polar surface area (TPSA) is 115 Å². The Morgan fingerprint density at radius 3 is 2.65 bits per heavy atom. The molecular formula is C26H32N6O2. The Morgan fingerprint density at radius 1 is 1.18 bits per heavy atom. The van der Waals surface area contributed by atoms with Crippen LogP contribution < -0.4 is 21.9 Å². The molecule has 1 aliphatic carbocycles. The highest BCUT2D eigenvalue weighted by atomic mass is 16.1. The monoisotopic (exact) mass is 460 g/mol. The number of aryl methyl sites for hydroxylation is 2. The second-order valence-corrected chi connectivity index (χ2v) is 8.94. The number of nitrogens with zero attached hydrogens (tertiary/aromatic N) is 3. The van der Waals surface area contributed by atoms with Crippen LogP contribution in [0.25, 0.3) is 5.82 Å². The van der Waals surface area contributed by atoms with E-state index >= 15 is 0 Å². The van der Waals surface area contributed by atoms with E-state index in [9.17, 15) is 9.59 Å². The molecule has 1 aromatic carbocycles. The van der Waals surface area contributed by atoms with E-state index in [-0.39, 0.29) is 23.9 Å². The molecule has 34 heavy (non-hydrogen) atoms. The van der Waals surface area contributed by atoms with E-state index in [0.717, 1.165) is 24.8 Å². The molecule has 8 heteroatoms. The second kappa shape index (κ2) is 10.1. The Balaban J connectivity index is 1.68. The number of aromatic nitrogens is 3. The Bertz CT molecular complexity index is 1240. The maximum atomic E-state index is 13.6. The van der Waals surface area contributed by atoms with Gasteiger partial charge in [-0.3, -0.25) is 14.2 Å². The molecule has 1 aliphatic rings. The number of nitrogen functional groups attached to an aromatic ring is 1. The van der Waals surface area contributed by atoms with E-state index in [2.05, 4.69) is 44.9 Å². The van der Waals surface area contributed by atoms with Crippen molar-refractivity contribution >= 4 is 17.4 Å². The van der Waals surface area contributed by atoms with Gasteiger partial charge in [0.15, 0.2) is 11.6 Å². The van der Waals surface area contributed by atoms with Crippen LogP contribution in [0.3, 0.4) is 0 Å². The van der Waals surface area contributed by atoms with Gasteiger partial charge in [-0.05, 0) is 43.9 Å². The molecule has 0 spiro atoms. The number of hydrogen-bond donors (Lipinski definition) is 3. The number of likely N-dealkylation sites (N-methyl/N-ethyl adjacent to an activating group) is 1. The molecule has 1 fully saturated rings. The number of amides is 1. The summed E-state index contributed by atoms with van der Waals surface area (Å²) >= 11 is 0. The van der Waals surface area contributed by atoms with Crippen molar-refractivity contribution in [2.45, 2.75) is 57.9 Å². The second-order valence-electron chi connectivity index (χ2n) is 8.94. The fourth-order valence-corrected chi connectivity index (χ4v) is 4.75. The number of rotatable bonds is 6. The third-order valence-electron chi connectivity index (χ3n) is 6.62. The Hall–Kier alpha value is -3.68. The molecule has 1 amide bonds. The minimum Gasteiger partial charge on any atom is -0.396 e. The summed E-state index contributed by atoms with van der Waals surface area (Å²) in [4.78, 5) is 34.4. The molecule has 4 N–H and O–H groups in total. The van der Waals surface area contributed by atoms with Crippen molar-refractivity contribution in [2.24, 2.45) is 0 Å². The Labute approximate surface area is 199 Å². The largest absolute Gasteiger partial charge is 0.396 e. The first-order chi connectivity index (χ1) is 16.4. The fraction of sp³-hybridized carbons (Fsp3) is 0.385. The fourth-order valence-electron chi connectivity index (χ4n) is 4.75. The van der Waals surface area contributed by atoms with Crippen LogP contribution in [0.15, 0.2) is 47.4 Å². The molecule has 0 saturated heterocycles. The Kier molecular flexibility index (Phi) is 6.95. The van der Waals surface area contributed by atoms with Gasteiger partial charge in [-0.1, -0.05) is 43.2 Å². The van der Waals surface area contributed by atoms with Crippen molar-refractivity contribution in [2.75, 3.05) is 18.1 Å². The molecule has 2 atom stereocenters. The minimum atomic E-state index is -0.282. The summed E-state index contributed by atoms with van der Waals surface area (Å²) < 4.78 is 1.50. The van der Waals surface area contributed by atoms with Crippen LogP contribution in [0.1, 0.15) is 54.1 Å². The lowest BCUT2D eigenvalue weighted by Gasteiger charge is -2.33. The molecule has 1 saturated carbocycles. The number of benzene rings is 1. The lowest BCUT2D eigenvalue weighted by molar-refractivity contribution is -0.119. The van der Waals surface area contributed by atoms with Gasteiger partial charge in [0.05, 0.1) is 12.1 Å². The van der Waals surface area contributed by atoms with Crippen LogP contribution >= 0.6 is 0 Å². The van der Waals surface area contributed by atoms with Gasteiger partial charge in [0, 0.05) is 36.6 Å². The van der Waals surface area contributed by atoms with Gasteiger partial charge in [0.25, 0.3) is 5.56 Å². The summed E-state index contributed by atoms with van der Waals surface area (Å²) in [5.74, 6) is 0.850. The minimum absolute atomic E-state index is 0.120. The smallest absolute Gasteiger partial charge is 0.299 e. The van der Waals surface area contributed by atoms with Crippen molar-refractivity contribution in [3.05, 3.63) is 75.5 Å². The predicted molar refractivity (Wildman–Crippen MR) is 134 cm³/mol. The highest BCUT2D eigenvalue weighted by molar-refractivity contribution is 5.79. The SMILES string of the molecule is CNC(=O)Cc1cc(N)c(-n2c(C)cnc(NC3CCCCC3c3ccccc3)c2=O)nc1C. The van der Waals surface area contributed by atoms with E-state index < -0.39 is 0 Å². The maximum absolute atomic E-state index is 13.6. The average Bonchev–Trinajstić information content (AvgIpc) is 2.84. The first-order valence-corrected chi connectivity index (χ1v) is 11.8. The lowest BCUT2D eigenvalue weighted by Crippen LogP contribution is -2.35. The van der Waals surface area contributed by atoms with Crippen molar-refractivity contribution in [3.8, 4) is 5.82 Å². The van der Waals surface area contributed by atoms with E-state index in [1.807, 2.05) is 13.0 Å². The Morgan fingerprint density at radius 2 is 1.91 bits per heavy atom. The summed E-state index contributed by atoms with van der Waals surface area (Å²) in [6, 6.07) is 12.3. The molecule has 3 aromatic rings. The molecule has 0 radical (unpaired) electrons. The zero-order valence-corrected chi connectivity index (χ0v) is 20.0. The van der Waals surface area contributed by atoms with Crippen LogP contribution in [-0.4, -0.2) is 33.5 Å². The maximum Gasteiger partial charge on any atom is 0.299 e. The highest BCUT2D eigenvalue weighted by Crippen LogP contribution is 2.34. The van der Waals surface area contributed by atoms with Gasteiger partial charge in [0.1, 0.15) is 0 Å². The molecule has 0 bridgehead atoms. The number of carbonyl (C=O) groups excluding carboxylic acids is 1. The number of hydrogen-bond acceptors (Lipinski definition) is 6. The lowest BCUT2D eigenvalue weighted by atomic mass is 9.80. The molecular weight excluding hydrogens is 428 g/mol.